The molecule has 0 atom stereocenters. The summed E-state index contributed by atoms with van der Waals surface area (Å²) < 4.78 is 13.2. The first kappa shape index (κ1) is 10.8. The highest BCUT2D eigenvalue weighted by Gasteiger charge is 2.27. The van der Waals surface area contributed by atoms with Gasteiger partial charge < -0.3 is 0 Å². The van der Waals surface area contributed by atoms with E-state index in [0.29, 0.717) is 12.5 Å². The van der Waals surface area contributed by atoms with Crippen LogP contribution in [0, 0.1) is 5.95 Å². The fourth-order valence-electron chi connectivity index (χ4n) is 2.49. The third-order valence-electron chi connectivity index (χ3n) is 3.67. The van der Waals surface area contributed by atoms with Crippen LogP contribution in [0.3, 0.4) is 0 Å². The summed E-state index contributed by atoms with van der Waals surface area (Å²) in [6, 6.07) is 5.36. The molecule has 4 heteroatoms. The fraction of sp³-hybridized carbons (Fsp3) is 0.267. The molecule has 1 aliphatic carbocycles. The minimum atomic E-state index is -0.467. The summed E-state index contributed by atoms with van der Waals surface area (Å²) in [7, 11) is 0. The van der Waals surface area contributed by atoms with E-state index in [4.69, 9.17) is 0 Å². The number of hydrogen-bond acceptors (Lipinski definition) is 3. The van der Waals surface area contributed by atoms with Crippen LogP contribution in [-0.4, -0.2) is 15.7 Å². The van der Waals surface area contributed by atoms with Gasteiger partial charge in [-0.2, -0.15) is 4.39 Å². The predicted octanol–water partition coefficient (Wildman–Crippen LogP) is 2.84. The topological polar surface area (TPSA) is 38.1 Å². The van der Waals surface area contributed by atoms with Gasteiger partial charge in [0.05, 0.1) is 12.3 Å². The van der Waals surface area contributed by atoms with Crippen LogP contribution in [0.1, 0.15) is 41.1 Å². The Bertz CT molecular complexity index is 690. The summed E-state index contributed by atoms with van der Waals surface area (Å²) >= 11 is 0. The predicted molar refractivity (Wildman–Crippen MR) is 69.8 cm³/mol. The molecular formula is C15H12FN3. The van der Waals surface area contributed by atoms with E-state index in [-0.39, 0.29) is 0 Å². The summed E-state index contributed by atoms with van der Waals surface area (Å²) in [4.78, 5) is 12.6. The molecule has 1 fully saturated rings. The molecular weight excluding hydrogens is 241 g/mol. The second-order valence-electron chi connectivity index (χ2n) is 5.07. The molecule has 0 unspecified atom stereocenters. The molecule has 1 saturated carbocycles. The lowest BCUT2D eigenvalue weighted by Gasteiger charge is -2.06. The third kappa shape index (κ3) is 1.84. The molecule has 94 valence electrons. The van der Waals surface area contributed by atoms with Crippen molar-refractivity contribution in [3.63, 3.8) is 0 Å². The number of aromatic nitrogens is 2. The van der Waals surface area contributed by atoms with Crippen molar-refractivity contribution >= 4 is 5.71 Å². The van der Waals surface area contributed by atoms with E-state index in [0.717, 1.165) is 28.1 Å². The number of pyridine rings is 2. The minimum Gasteiger partial charge on any atom is -0.279 e. The van der Waals surface area contributed by atoms with Crippen molar-refractivity contribution in [3.05, 3.63) is 58.9 Å². The van der Waals surface area contributed by atoms with Crippen molar-refractivity contribution in [1.82, 2.24) is 9.97 Å². The molecule has 0 aromatic carbocycles. The average molecular weight is 253 g/mol. The van der Waals surface area contributed by atoms with Crippen LogP contribution >= 0.6 is 0 Å². The van der Waals surface area contributed by atoms with E-state index in [1.54, 1.807) is 6.07 Å². The monoisotopic (exact) mass is 253 g/mol. The molecule has 4 rings (SSSR count). The van der Waals surface area contributed by atoms with Gasteiger partial charge in [0.25, 0.3) is 0 Å². The van der Waals surface area contributed by atoms with E-state index >= 15 is 0 Å². The third-order valence-corrected chi connectivity index (χ3v) is 3.67. The first-order valence-corrected chi connectivity index (χ1v) is 6.47. The largest absolute Gasteiger partial charge is 0.279 e. The first-order chi connectivity index (χ1) is 9.31. The van der Waals surface area contributed by atoms with Crippen LogP contribution in [-0.2, 0) is 6.54 Å². The lowest BCUT2D eigenvalue weighted by molar-refractivity contribution is 0.583. The van der Waals surface area contributed by atoms with Crippen molar-refractivity contribution in [1.29, 1.82) is 0 Å². The zero-order valence-corrected chi connectivity index (χ0v) is 10.3. The van der Waals surface area contributed by atoms with Gasteiger partial charge in [-0.15, -0.1) is 0 Å². The van der Waals surface area contributed by atoms with Gasteiger partial charge in [0, 0.05) is 46.8 Å². The van der Waals surface area contributed by atoms with Gasteiger partial charge in [-0.1, -0.05) is 0 Å². The van der Waals surface area contributed by atoms with E-state index < -0.39 is 5.95 Å². The van der Waals surface area contributed by atoms with Gasteiger partial charge >= 0.3 is 0 Å². The highest BCUT2D eigenvalue weighted by Crippen LogP contribution is 2.40. The Balaban J connectivity index is 1.79. The average Bonchev–Trinajstić information content (AvgIpc) is 3.18. The molecule has 19 heavy (non-hydrogen) atoms. The Morgan fingerprint density at radius 2 is 2.05 bits per heavy atom. The molecule has 0 N–H and O–H groups in total. The highest BCUT2D eigenvalue weighted by atomic mass is 19.1. The van der Waals surface area contributed by atoms with Gasteiger partial charge in [-0.3, -0.25) is 9.98 Å². The van der Waals surface area contributed by atoms with Gasteiger partial charge in [-0.05, 0) is 25.0 Å². The number of rotatable bonds is 2. The second kappa shape index (κ2) is 3.95. The maximum atomic E-state index is 13.2. The molecule has 0 amide bonds. The van der Waals surface area contributed by atoms with Gasteiger partial charge in [0.2, 0.25) is 5.95 Å². The van der Waals surface area contributed by atoms with Gasteiger partial charge in [-0.25, -0.2) is 4.98 Å². The number of halogens is 1. The zero-order chi connectivity index (χ0) is 12.8. The van der Waals surface area contributed by atoms with Crippen molar-refractivity contribution < 1.29 is 4.39 Å². The summed E-state index contributed by atoms with van der Waals surface area (Å²) in [6.07, 6.45) is 5.84. The molecule has 0 saturated heterocycles. The maximum Gasteiger partial charge on any atom is 0.213 e. The molecule has 3 heterocycles. The molecule has 0 bridgehead atoms. The quantitative estimate of drug-likeness (QED) is 0.772. The van der Waals surface area contributed by atoms with Gasteiger partial charge in [0.1, 0.15) is 0 Å². The fourth-order valence-corrected chi connectivity index (χ4v) is 2.49. The zero-order valence-electron chi connectivity index (χ0n) is 10.3. The van der Waals surface area contributed by atoms with E-state index in [1.807, 2.05) is 6.20 Å². The molecule has 1 aliphatic heterocycles. The molecule has 0 spiro atoms. The van der Waals surface area contributed by atoms with Crippen LogP contribution in [0.15, 0.2) is 35.6 Å². The number of hydrogen-bond donors (Lipinski definition) is 0. The molecule has 2 aromatic heterocycles. The van der Waals surface area contributed by atoms with E-state index in [9.17, 15) is 4.39 Å². The normalized spacial score (nSPS) is 17.2. The smallest absolute Gasteiger partial charge is 0.213 e. The van der Waals surface area contributed by atoms with Crippen LogP contribution in [0.2, 0.25) is 0 Å². The Kier molecular flexibility index (Phi) is 2.24. The number of aliphatic imine (C=N–C) groups is 1. The van der Waals surface area contributed by atoms with Crippen molar-refractivity contribution in [3.8, 4) is 0 Å². The van der Waals surface area contributed by atoms with Crippen molar-refractivity contribution in [2.24, 2.45) is 4.99 Å². The van der Waals surface area contributed by atoms with Crippen LogP contribution in [0.25, 0.3) is 0 Å². The summed E-state index contributed by atoms with van der Waals surface area (Å²) in [5.41, 5.74) is 5.02. The molecule has 0 radical (unpaired) electrons. The highest BCUT2D eigenvalue weighted by molar-refractivity contribution is 6.15. The SMILES string of the molecule is Fc1cc(C2=NCc3cnc(C4CC4)cc32)ccn1. The number of fused-ring (bicyclic) bond motifs is 1. The Labute approximate surface area is 110 Å². The number of nitrogens with zero attached hydrogens (tertiary/aromatic N) is 3. The van der Waals surface area contributed by atoms with E-state index in [1.165, 1.54) is 25.1 Å². The molecule has 3 nitrogen and oxygen atoms in total. The minimum absolute atomic E-state index is 0.467. The summed E-state index contributed by atoms with van der Waals surface area (Å²) in [6.45, 7) is 0.632. The van der Waals surface area contributed by atoms with Crippen LogP contribution in [0.4, 0.5) is 4.39 Å². The Hall–Kier alpha value is -2.10. The van der Waals surface area contributed by atoms with Gasteiger partial charge in [0.15, 0.2) is 0 Å². The standard InChI is InChI=1S/C15H12FN3/c16-14-5-10(3-4-17-14)15-12-6-13(9-1-2-9)18-7-11(12)8-19-15/h3-7,9H,1-2,8H2. The summed E-state index contributed by atoms with van der Waals surface area (Å²) in [5.74, 6) is 0.145. The van der Waals surface area contributed by atoms with Crippen LogP contribution < -0.4 is 0 Å². The Morgan fingerprint density at radius 3 is 2.84 bits per heavy atom. The van der Waals surface area contributed by atoms with Crippen LogP contribution in [0.5, 0.6) is 0 Å². The second-order valence-corrected chi connectivity index (χ2v) is 5.07. The molecule has 2 aromatic rings. The lowest BCUT2D eigenvalue weighted by Crippen LogP contribution is -2.03. The summed E-state index contributed by atoms with van der Waals surface area (Å²) in [5, 5.41) is 0. The van der Waals surface area contributed by atoms with Crippen molar-refractivity contribution in [2.45, 2.75) is 25.3 Å². The lowest BCUT2D eigenvalue weighted by atomic mass is 10.0. The first-order valence-electron chi connectivity index (χ1n) is 6.47. The molecule has 2 aliphatic rings. The Morgan fingerprint density at radius 1 is 1.16 bits per heavy atom. The van der Waals surface area contributed by atoms with E-state index in [2.05, 4.69) is 21.0 Å². The van der Waals surface area contributed by atoms with Crippen molar-refractivity contribution in [2.75, 3.05) is 0 Å². The maximum absolute atomic E-state index is 13.2.